The van der Waals surface area contributed by atoms with Crippen molar-refractivity contribution in [3.05, 3.63) is 89.2 Å². The molecule has 4 aromatic rings. The Balaban J connectivity index is 1.59. The minimum atomic E-state index is -0.267. The highest BCUT2D eigenvalue weighted by Gasteiger charge is 2.14. The van der Waals surface area contributed by atoms with Gasteiger partial charge in [-0.15, -0.1) is 11.3 Å². The number of pyridine rings is 1. The standard InChI is InChI=1S/C30H31N3O2S/c1-19(2)7-6-8-21(5)28-29(33-18-32-28)22-9-10-26-23(13-22)14-24(16-31-26)25-15-27(36-17-25)30(34)35-12-11-20(3)4/h6-10,13-18,20H,1,11-12H2,2-5H3,(H,32,33)/b7-6-,21-8+. The Morgan fingerprint density at radius 3 is 2.72 bits per heavy atom. The van der Waals surface area contributed by atoms with Crippen LogP contribution in [0.1, 0.15) is 49.5 Å². The van der Waals surface area contributed by atoms with Gasteiger partial charge in [0.25, 0.3) is 0 Å². The van der Waals surface area contributed by atoms with E-state index < -0.39 is 0 Å². The molecule has 4 rings (SSSR count). The van der Waals surface area contributed by atoms with Crippen molar-refractivity contribution in [1.29, 1.82) is 0 Å². The molecule has 3 heterocycles. The van der Waals surface area contributed by atoms with Crippen LogP contribution in [-0.4, -0.2) is 27.5 Å². The van der Waals surface area contributed by atoms with Crippen LogP contribution in [0.25, 0.3) is 38.9 Å². The lowest BCUT2D eigenvalue weighted by molar-refractivity contribution is 0.0494. The van der Waals surface area contributed by atoms with Crippen LogP contribution in [-0.2, 0) is 4.74 Å². The first-order valence-corrected chi connectivity index (χ1v) is 12.9. The van der Waals surface area contributed by atoms with Crippen LogP contribution in [0.3, 0.4) is 0 Å². The molecule has 1 aromatic carbocycles. The zero-order valence-corrected chi connectivity index (χ0v) is 22.0. The Labute approximate surface area is 216 Å². The molecule has 0 atom stereocenters. The molecule has 0 amide bonds. The summed E-state index contributed by atoms with van der Waals surface area (Å²) >= 11 is 1.40. The molecule has 36 heavy (non-hydrogen) atoms. The van der Waals surface area contributed by atoms with Gasteiger partial charge in [-0.25, -0.2) is 9.78 Å². The van der Waals surface area contributed by atoms with Crippen molar-refractivity contribution < 1.29 is 9.53 Å². The number of esters is 1. The molecule has 0 aliphatic heterocycles. The van der Waals surface area contributed by atoms with Gasteiger partial charge in [0.2, 0.25) is 0 Å². The van der Waals surface area contributed by atoms with E-state index in [1.807, 2.05) is 55.8 Å². The lowest BCUT2D eigenvalue weighted by Crippen LogP contribution is -2.06. The summed E-state index contributed by atoms with van der Waals surface area (Å²) < 4.78 is 5.42. The van der Waals surface area contributed by atoms with Crippen molar-refractivity contribution in [1.82, 2.24) is 15.0 Å². The summed E-state index contributed by atoms with van der Waals surface area (Å²) in [5.41, 5.74) is 7.78. The Kier molecular flexibility index (Phi) is 7.96. The van der Waals surface area contributed by atoms with E-state index in [2.05, 4.69) is 53.6 Å². The van der Waals surface area contributed by atoms with E-state index in [4.69, 9.17) is 4.74 Å². The number of aromatic nitrogens is 3. The molecule has 0 bridgehead atoms. The van der Waals surface area contributed by atoms with Gasteiger partial charge in [0, 0.05) is 22.7 Å². The highest BCUT2D eigenvalue weighted by Crippen LogP contribution is 2.31. The topological polar surface area (TPSA) is 67.9 Å². The smallest absolute Gasteiger partial charge is 0.348 e. The third-order valence-corrected chi connectivity index (χ3v) is 6.68. The fourth-order valence-electron chi connectivity index (χ4n) is 3.75. The van der Waals surface area contributed by atoms with Gasteiger partial charge in [-0.3, -0.25) is 4.98 Å². The van der Waals surface area contributed by atoms with E-state index in [1.54, 1.807) is 6.33 Å². The maximum Gasteiger partial charge on any atom is 0.348 e. The number of imidazole rings is 1. The summed E-state index contributed by atoms with van der Waals surface area (Å²) in [4.78, 5) is 25.5. The molecule has 0 saturated heterocycles. The second kappa shape index (κ2) is 11.3. The van der Waals surface area contributed by atoms with Gasteiger partial charge in [0.15, 0.2) is 0 Å². The van der Waals surface area contributed by atoms with Crippen molar-refractivity contribution in [2.24, 2.45) is 5.92 Å². The molecule has 0 saturated carbocycles. The molecule has 0 aliphatic carbocycles. The minimum absolute atomic E-state index is 0.267. The van der Waals surface area contributed by atoms with Gasteiger partial charge >= 0.3 is 5.97 Å². The largest absolute Gasteiger partial charge is 0.461 e. The van der Waals surface area contributed by atoms with Crippen molar-refractivity contribution >= 4 is 33.8 Å². The lowest BCUT2D eigenvalue weighted by atomic mass is 10.0. The summed E-state index contributed by atoms with van der Waals surface area (Å²) in [5.74, 6) is 0.234. The number of fused-ring (bicyclic) bond motifs is 1. The maximum absolute atomic E-state index is 12.4. The molecule has 0 fully saturated rings. The Morgan fingerprint density at radius 1 is 1.14 bits per heavy atom. The lowest BCUT2D eigenvalue weighted by Gasteiger charge is -2.07. The quantitative estimate of drug-likeness (QED) is 0.187. The number of ether oxygens (including phenoxy) is 1. The third-order valence-electron chi connectivity index (χ3n) is 5.77. The second-order valence-electron chi connectivity index (χ2n) is 9.33. The molecule has 1 N–H and O–H groups in total. The van der Waals surface area contributed by atoms with E-state index in [-0.39, 0.29) is 5.97 Å². The zero-order valence-electron chi connectivity index (χ0n) is 21.2. The molecule has 0 unspecified atom stereocenters. The predicted molar refractivity (Wildman–Crippen MR) is 150 cm³/mol. The van der Waals surface area contributed by atoms with Gasteiger partial charge in [-0.05, 0) is 67.0 Å². The van der Waals surface area contributed by atoms with Crippen LogP contribution in [0.15, 0.2) is 78.6 Å². The summed E-state index contributed by atoms with van der Waals surface area (Å²) in [6.07, 6.45) is 10.4. The summed E-state index contributed by atoms with van der Waals surface area (Å²) in [6.45, 7) is 12.6. The zero-order chi connectivity index (χ0) is 25.7. The number of carbonyl (C=O) groups is 1. The van der Waals surface area contributed by atoms with E-state index in [9.17, 15) is 4.79 Å². The van der Waals surface area contributed by atoms with Gasteiger partial charge in [0.1, 0.15) is 4.88 Å². The first-order chi connectivity index (χ1) is 17.3. The minimum Gasteiger partial charge on any atom is -0.461 e. The summed E-state index contributed by atoms with van der Waals surface area (Å²) in [6, 6.07) is 10.2. The SMILES string of the molecule is C=C(C)/C=C\C=C(/C)c1nc[nH]c1-c1ccc2ncc(-c3csc(C(=O)OCCC(C)C)c3)cc2c1. The fraction of sp³-hybridized carbons (Fsp3) is 0.233. The number of carbonyl (C=O) groups excluding carboxylic acids is 1. The summed E-state index contributed by atoms with van der Waals surface area (Å²) in [7, 11) is 0. The van der Waals surface area contributed by atoms with E-state index in [0.717, 1.165) is 56.5 Å². The number of benzene rings is 1. The van der Waals surface area contributed by atoms with E-state index in [0.29, 0.717) is 17.4 Å². The molecule has 0 spiro atoms. The fourth-order valence-corrected chi connectivity index (χ4v) is 4.56. The van der Waals surface area contributed by atoms with Crippen molar-refractivity contribution in [2.75, 3.05) is 6.61 Å². The first kappa shape index (κ1) is 25.3. The van der Waals surface area contributed by atoms with Crippen molar-refractivity contribution in [3.63, 3.8) is 0 Å². The second-order valence-corrected chi connectivity index (χ2v) is 10.2. The Bertz CT molecular complexity index is 1460. The molecule has 0 radical (unpaired) electrons. The number of aromatic amines is 1. The average Bonchev–Trinajstić information content (AvgIpc) is 3.53. The van der Waals surface area contributed by atoms with Crippen LogP contribution in [0, 0.1) is 5.92 Å². The number of H-pyrrole nitrogens is 1. The number of nitrogens with one attached hydrogen (secondary N) is 1. The monoisotopic (exact) mass is 497 g/mol. The van der Waals surface area contributed by atoms with E-state index >= 15 is 0 Å². The number of thiophene rings is 1. The molecule has 5 nitrogen and oxygen atoms in total. The number of hydrogen-bond acceptors (Lipinski definition) is 5. The van der Waals surface area contributed by atoms with Crippen LogP contribution >= 0.6 is 11.3 Å². The van der Waals surface area contributed by atoms with Crippen LogP contribution in [0.2, 0.25) is 0 Å². The Morgan fingerprint density at radius 2 is 1.94 bits per heavy atom. The highest BCUT2D eigenvalue weighted by molar-refractivity contribution is 7.12. The molecule has 6 heteroatoms. The van der Waals surface area contributed by atoms with Gasteiger partial charge in [-0.1, -0.05) is 50.3 Å². The molecular weight excluding hydrogens is 466 g/mol. The highest BCUT2D eigenvalue weighted by atomic mass is 32.1. The number of nitrogens with zero attached hydrogens (tertiary/aromatic N) is 2. The Hall–Kier alpha value is -3.77. The van der Waals surface area contributed by atoms with Gasteiger partial charge in [-0.2, -0.15) is 0 Å². The predicted octanol–water partition coefficient (Wildman–Crippen LogP) is 8.09. The van der Waals surface area contributed by atoms with Crippen LogP contribution < -0.4 is 0 Å². The average molecular weight is 498 g/mol. The van der Waals surface area contributed by atoms with E-state index in [1.165, 1.54) is 11.3 Å². The maximum atomic E-state index is 12.4. The van der Waals surface area contributed by atoms with Gasteiger partial charge in [0.05, 0.1) is 29.8 Å². The molecule has 184 valence electrons. The number of allylic oxidation sites excluding steroid dienone is 5. The van der Waals surface area contributed by atoms with Gasteiger partial charge < -0.3 is 9.72 Å². The molecular formula is C30H31N3O2S. The summed E-state index contributed by atoms with van der Waals surface area (Å²) in [5, 5.41) is 2.99. The van der Waals surface area contributed by atoms with Crippen LogP contribution in [0.4, 0.5) is 0 Å². The molecule has 3 aromatic heterocycles. The third kappa shape index (κ3) is 6.07. The van der Waals surface area contributed by atoms with Crippen molar-refractivity contribution in [2.45, 2.75) is 34.1 Å². The molecule has 0 aliphatic rings. The van der Waals surface area contributed by atoms with Crippen LogP contribution in [0.5, 0.6) is 0 Å². The number of hydrogen-bond donors (Lipinski definition) is 1. The normalized spacial score (nSPS) is 12.1. The number of rotatable bonds is 9. The first-order valence-electron chi connectivity index (χ1n) is 12.0. The van der Waals surface area contributed by atoms with Crippen molar-refractivity contribution in [3.8, 4) is 22.4 Å².